The first-order chi connectivity index (χ1) is 12.8. The van der Waals surface area contributed by atoms with Crippen LogP contribution in [0.3, 0.4) is 0 Å². The minimum atomic E-state index is 0.0712. The van der Waals surface area contributed by atoms with Gasteiger partial charge in [-0.05, 0) is 47.6 Å². The molecule has 1 aliphatic heterocycles. The molecule has 0 unspecified atom stereocenters. The number of nitrogens with zero attached hydrogens (tertiary/aromatic N) is 1. The van der Waals surface area contributed by atoms with Crippen LogP contribution in [0.5, 0.6) is 0 Å². The summed E-state index contributed by atoms with van der Waals surface area (Å²) in [6, 6.07) is 18.4. The van der Waals surface area contributed by atoms with Gasteiger partial charge in [-0.2, -0.15) is 0 Å². The molecule has 1 aliphatic rings. The van der Waals surface area contributed by atoms with Crippen LogP contribution in [-0.2, 0) is 6.42 Å². The predicted molar refractivity (Wildman–Crippen MR) is 114 cm³/mol. The first-order valence-corrected chi connectivity index (χ1v) is 11.2. The standard InChI is InChI=1S/C21H26N2OS2/c22-12-14-23(13-11-17-5-2-1-3-6-17)20(24)18-7-9-19(10-8-18)21-25-15-4-16-26-21/h1-3,5-10,21H,4,11-16,22H2. The molecule has 1 fully saturated rings. The van der Waals surface area contributed by atoms with Crippen LogP contribution < -0.4 is 5.73 Å². The number of hydrogen-bond donors (Lipinski definition) is 1. The number of rotatable bonds is 7. The molecule has 0 radical (unpaired) electrons. The summed E-state index contributed by atoms with van der Waals surface area (Å²) in [5.41, 5.74) is 9.04. The lowest BCUT2D eigenvalue weighted by molar-refractivity contribution is 0.0762. The van der Waals surface area contributed by atoms with E-state index in [9.17, 15) is 4.79 Å². The summed E-state index contributed by atoms with van der Waals surface area (Å²) in [5, 5.41) is 0. The largest absolute Gasteiger partial charge is 0.337 e. The molecule has 1 heterocycles. The van der Waals surface area contributed by atoms with Gasteiger partial charge in [0.1, 0.15) is 0 Å². The molecule has 1 amide bonds. The van der Waals surface area contributed by atoms with Gasteiger partial charge in [0, 0.05) is 25.2 Å². The first kappa shape index (κ1) is 19.3. The number of nitrogens with two attached hydrogens (primary N) is 1. The van der Waals surface area contributed by atoms with Gasteiger partial charge in [-0.15, -0.1) is 23.5 Å². The number of thioether (sulfide) groups is 2. The Morgan fingerprint density at radius 1 is 1.00 bits per heavy atom. The van der Waals surface area contributed by atoms with Crippen LogP contribution in [0.15, 0.2) is 54.6 Å². The molecule has 0 saturated carbocycles. The molecule has 26 heavy (non-hydrogen) atoms. The van der Waals surface area contributed by atoms with Crippen molar-refractivity contribution < 1.29 is 4.79 Å². The second-order valence-electron chi connectivity index (χ2n) is 6.37. The molecular weight excluding hydrogens is 360 g/mol. The van der Waals surface area contributed by atoms with Gasteiger partial charge in [-0.25, -0.2) is 0 Å². The summed E-state index contributed by atoms with van der Waals surface area (Å²) in [4.78, 5) is 14.8. The summed E-state index contributed by atoms with van der Waals surface area (Å²) in [7, 11) is 0. The molecule has 5 heteroatoms. The Kier molecular flexibility index (Phi) is 7.47. The Labute approximate surface area is 164 Å². The van der Waals surface area contributed by atoms with Crippen LogP contribution in [0.1, 0.15) is 32.5 Å². The van der Waals surface area contributed by atoms with Gasteiger partial charge in [0.15, 0.2) is 0 Å². The fourth-order valence-corrected chi connectivity index (χ4v) is 5.92. The van der Waals surface area contributed by atoms with Gasteiger partial charge < -0.3 is 10.6 Å². The van der Waals surface area contributed by atoms with Gasteiger partial charge in [0.2, 0.25) is 0 Å². The van der Waals surface area contributed by atoms with Gasteiger partial charge in [-0.1, -0.05) is 42.5 Å². The fourth-order valence-electron chi connectivity index (χ4n) is 3.03. The SMILES string of the molecule is NCCN(CCc1ccccc1)C(=O)c1ccc(C2SCCCS2)cc1. The first-order valence-electron chi connectivity index (χ1n) is 9.14. The highest BCUT2D eigenvalue weighted by molar-refractivity contribution is 8.16. The minimum Gasteiger partial charge on any atom is -0.337 e. The normalized spacial score (nSPS) is 15.0. The number of carbonyl (C=O) groups excluding carboxylic acids is 1. The van der Waals surface area contributed by atoms with Crippen LogP contribution in [0, 0.1) is 0 Å². The van der Waals surface area contributed by atoms with E-state index < -0.39 is 0 Å². The zero-order chi connectivity index (χ0) is 18.2. The van der Waals surface area contributed by atoms with E-state index in [2.05, 4.69) is 24.3 Å². The van der Waals surface area contributed by atoms with Crippen molar-refractivity contribution in [3.8, 4) is 0 Å². The lowest BCUT2D eigenvalue weighted by atomic mass is 10.1. The molecule has 138 valence electrons. The number of hydrogen-bond acceptors (Lipinski definition) is 4. The number of benzene rings is 2. The third kappa shape index (κ3) is 5.29. The molecular formula is C21H26N2OS2. The smallest absolute Gasteiger partial charge is 0.253 e. The van der Waals surface area contributed by atoms with Crippen molar-refractivity contribution in [3.05, 3.63) is 71.3 Å². The molecule has 0 atom stereocenters. The average Bonchev–Trinajstić information content (AvgIpc) is 2.72. The van der Waals surface area contributed by atoms with Crippen LogP contribution in [-0.4, -0.2) is 41.9 Å². The van der Waals surface area contributed by atoms with E-state index in [0.717, 1.165) is 12.0 Å². The van der Waals surface area contributed by atoms with Crippen molar-refractivity contribution >= 4 is 29.4 Å². The van der Waals surface area contributed by atoms with Gasteiger partial charge in [0.25, 0.3) is 5.91 Å². The molecule has 0 aromatic heterocycles. The highest BCUT2D eigenvalue weighted by Crippen LogP contribution is 2.43. The van der Waals surface area contributed by atoms with E-state index in [1.807, 2.05) is 58.8 Å². The summed E-state index contributed by atoms with van der Waals surface area (Å²) in [5.74, 6) is 2.52. The van der Waals surface area contributed by atoms with Crippen molar-refractivity contribution in [2.45, 2.75) is 17.4 Å². The molecule has 3 rings (SSSR count). The van der Waals surface area contributed by atoms with E-state index in [1.165, 1.54) is 29.1 Å². The topological polar surface area (TPSA) is 46.3 Å². The van der Waals surface area contributed by atoms with Gasteiger partial charge in [0.05, 0.1) is 4.58 Å². The Balaban J connectivity index is 1.64. The second kappa shape index (κ2) is 10.0. The average molecular weight is 387 g/mol. The van der Waals surface area contributed by atoms with Crippen LogP contribution in [0.2, 0.25) is 0 Å². The minimum absolute atomic E-state index is 0.0712. The monoisotopic (exact) mass is 386 g/mol. The maximum absolute atomic E-state index is 12.9. The fraction of sp³-hybridized carbons (Fsp3) is 0.381. The quantitative estimate of drug-likeness (QED) is 0.775. The zero-order valence-electron chi connectivity index (χ0n) is 15.0. The lowest BCUT2D eigenvalue weighted by Gasteiger charge is -2.23. The molecule has 0 aliphatic carbocycles. The number of carbonyl (C=O) groups is 1. The molecule has 3 nitrogen and oxygen atoms in total. The molecule has 2 aromatic rings. The van der Waals surface area contributed by atoms with Crippen molar-refractivity contribution in [1.82, 2.24) is 4.90 Å². The van der Waals surface area contributed by atoms with Crippen molar-refractivity contribution in [2.24, 2.45) is 5.73 Å². The second-order valence-corrected chi connectivity index (χ2v) is 9.09. The van der Waals surface area contributed by atoms with E-state index >= 15 is 0 Å². The molecule has 1 saturated heterocycles. The zero-order valence-corrected chi connectivity index (χ0v) is 16.6. The predicted octanol–water partition coefficient (Wildman–Crippen LogP) is 4.20. The third-order valence-corrected chi connectivity index (χ3v) is 7.47. The Bertz CT molecular complexity index is 685. The van der Waals surface area contributed by atoms with Crippen molar-refractivity contribution in [1.29, 1.82) is 0 Å². The van der Waals surface area contributed by atoms with E-state index in [1.54, 1.807) is 0 Å². The van der Waals surface area contributed by atoms with Gasteiger partial charge in [-0.3, -0.25) is 4.79 Å². The Hall–Kier alpha value is -1.43. The molecule has 2 N–H and O–H groups in total. The number of amides is 1. The Morgan fingerprint density at radius 2 is 1.69 bits per heavy atom. The molecule has 0 bridgehead atoms. The molecule has 2 aromatic carbocycles. The van der Waals surface area contributed by atoms with Crippen LogP contribution in [0.4, 0.5) is 0 Å². The summed E-state index contributed by atoms with van der Waals surface area (Å²) in [6.07, 6.45) is 2.14. The maximum atomic E-state index is 12.9. The third-order valence-electron chi connectivity index (χ3n) is 4.46. The van der Waals surface area contributed by atoms with Crippen LogP contribution >= 0.6 is 23.5 Å². The van der Waals surface area contributed by atoms with E-state index in [-0.39, 0.29) is 5.91 Å². The maximum Gasteiger partial charge on any atom is 0.253 e. The summed E-state index contributed by atoms with van der Waals surface area (Å²) >= 11 is 4.00. The van der Waals surface area contributed by atoms with E-state index in [0.29, 0.717) is 24.2 Å². The Morgan fingerprint density at radius 3 is 2.35 bits per heavy atom. The highest BCUT2D eigenvalue weighted by atomic mass is 32.2. The van der Waals surface area contributed by atoms with E-state index in [4.69, 9.17) is 5.73 Å². The summed E-state index contributed by atoms with van der Waals surface area (Å²) < 4.78 is 0.506. The van der Waals surface area contributed by atoms with Crippen molar-refractivity contribution in [2.75, 3.05) is 31.1 Å². The summed E-state index contributed by atoms with van der Waals surface area (Å²) in [6.45, 7) is 1.76. The van der Waals surface area contributed by atoms with Crippen LogP contribution in [0.25, 0.3) is 0 Å². The van der Waals surface area contributed by atoms with Crippen molar-refractivity contribution in [3.63, 3.8) is 0 Å². The lowest BCUT2D eigenvalue weighted by Crippen LogP contribution is -2.36. The molecule has 0 spiro atoms. The van der Waals surface area contributed by atoms with Gasteiger partial charge >= 0.3 is 0 Å². The highest BCUT2D eigenvalue weighted by Gasteiger charge is 2.19.